The van der Waals surface area contributed by atoms with Crippen LogP contribution in [0.4, 0.5) is 10.3 Å². The fourth-order valence-electron chi connectivity index (χ4n) is 2.37. The lowest BCUT2D eigenvalue weighted by Gasteiger charge is -2.10. The lowest BCUT2D eigenvalue weighted by molar-refractivity contribution is -0.118. The molecule has 8 heteroatoms. The number of nitrogens with zero attached hydrogens (tertiary/aromatic N) is 2. The monoisotopic (exact) mass is 408 g/mol. The summed E-state index contributed by atoms with van der Waals surface area (Å²) in [6.45, 7) is 10.3. The SMILES string of the molecule is CC(CCC(=O)Nc1nc(C(C)C)cs1)CC(=O)Nc1nc(C(C)C)cs1. The summed E-state index contributed by atoms with van der Waals surface area (Å²) in [5.74, 6) is 0.684. The molecule has 2 heterocycles. The van der Waals surface area contributed by atoms with Gasteiger partial charge in [-0.2, -0.15) is 0 Å². The van der Waals surface area contributed by atoms with Crippen LogP contribution in [-0.2, 0) is 9.59 Å². The topological polar surface area (TPSA) is 84.0 Å². The van der Waals surface area contributed by atoms with Gasteiger partial charge >= 0.3 is 0 Å². The van der Waals surface area contributed by atoms with Crippen LogP contribution >= 0.6 is 22.7 Å². The number of hydrogen-bond donors (Lipinski definition) is 2. The molecule has 2 aromatic rings. The van der Waals surface area contributed by atoms with Crippen molar-refractivity contribution >= 4 is 44.8 Å². The van der Waals surface area contributed by atoms with Crippen molar-refractivity contribution in [2.75, 3.05) is 10.6 Å². The predicted octanol–water partition coefficient (Wildman–Crippen LogP) is 5.23. The van der Waals surface area contributed by atoms with Gasteiger partial charge in [-0.15, -0.1) is 22.7 Å². The summed E-state index contributed by atoms with van der Waals surface area (Å²) in [6.07, 6.45) is 1.40. The number of amides is 2. The molecular formula is C19H28N4O2S2. The Morgan fingerprint density at radius 2 is 1.37 bits per heavy atom. The number of rotatable bonds is 9. The zero-order valence-corrected chi connectivity index (χ0v) is 18.2. The minimum absolute atomic E-state index is 0.0611. The van der Waals surface area contributed by atoms with Crippen LogP contribution in [0.25, 0.3) is 0 Å². The van der Waals surface area contributed by atoms with Gasteiger partial charge in [-0.25, -0.2) is 9.97 Å². The van der Waals surface area contributed by atoms with Crippen molar-refractivity contribution in [2.45, 2.75) is 65.7 Å². The standard InChI is InChI=1S/C19H28N4O2S2/c1-11(2)14-9-26-18(20-14)22-16(24)7-6-13(5)8-17(25)23-19-21-15(10-27-19)12(3)4/h9-13H,6-8H2,1-5H3,(H,20,22,24)(H,21,23,25). The smallest absolute Gasteiger partial charge is 0.226 e. The molecule has 0 saturated heterocycles. The summed E-state index contributed by atoms with van der Waals surface area (Å²) in [5.41, 5.74) is 1.98. The fraction of sp³-hybridized carbons (Fsp3) is 0.579. The highest BCUT2D eigenvalue weighted by molar-refractivity contribution is 7.14. The van der Waals surface area contributed by atoms with Crippen LogP contribution in [0.15, 0.2) is 10.8 Å². The summed E-state index contributed by atoms with van der Waals surface area (Å²) in [6, 6.07) is 0. The van der Waals surface area contributed by atoms with Crippen molar-refractivity contribution in [1.29, 1.82) is 0 Å². The number of carbonyl (C=O) groups excluding carboxylic acids is 2. The first-order valence-corrected chi connectivity index (χ1v) is 11.0. The zero-order chi connectivity index (χ0) is 20.0. The van der Waals surface area contributed by atoms with Gasteiger partial charge in [-0.3, -0.25) is 9.59 Å². The number of aromatic nitrogens is 2. The Kier molecular flexibility index (Phi) is 7.91. The van der Waals surface area contributed by atoms with Crippen LogP contribution in [0.5, 0.6) is 0 Å². The van der Waals surface area contributed by atoms with Gasteiger partial charge in [0, 0.05) is 23.6 Å². The van der Waals surface area contributed by atoms with Gasteiger partial charge in [0.05, 0.1) is 11.4 Å². The molecule has 6 nitrogen and oxygen atoms in total. The quantitative estimate of drug-likeness (QED) is 0.595. The van der Waals surface area contributed by atoms with E-state index in [2.05, 4.69) is 48.3 Å². The number of thiazole rings is 2. The Balaban J connectivity index is 1.71. The molecule has 148 valence electrons. The van der Waals surface area contributed by atoms with Gasteiger partial charge in [0.25, 0.3) is 0 Å². The highest BCUT2D eigenvalue weighted by Gasteiger charge is 2.14. The van der Waals surface area contributed by atoms with E-state index in [1.165, 1.54) is 22.7 Å². The van der Waals surface area contributed by atoms with E-state index in [9.17, 15) is 9.59 Å². The van der Waals surface area contributed by atoms with Crippen LogP contribution in [0, 0.1) is 5.92 Å². The van der Waals surface area contributed by atoms with Crippen molar-refractivity contribution < 1.29 is 9.59 Å². The molecule has 0 saturated carbocycles. The van der Waals surface area contributed by atoms with E-state index in [4.69, 9.17) is 0 Å². The third-order valence-electron chi connectivity index (χ3n) is 4.12. The van der Waals surface area contributed by atoms with E-state index in [0.717, 1.165) is 11.4 Å². The third kappa shape index (κ3) is 7.03. The van der Waals surface area contributed by atoms with Crippen LogP contribution in [0.1, 0.15) is 77.1 Å². The molecule has 0 aromatic carbocycles. The van der Waals surface area contributed by atoms with Crippen LogP contribution in [0.3, 0.4) is 0 Å². The van der Waals surface area contributed by atoms with Crippen molar-refractivity contribution in [3.05, 3.63) is 22.1 Å². The van der Waals surface area contributed by atoms with Gasteiger partial charge in [0.15, 0.2) is 10.3 Å². The number of anilines is 2. The second-order valence-electron chi connectivity index (χ2n) is 7.41. The number of nitrogens with one attached hydrogen (secondary N) is 2. The summed E-state index contributed by atoms with van der Waals surface area (Å²) in [4.78, 5) is 33.0. The molecular weight excluding hydrogens is 380 g/mol. The number of hydrogen-bond acceptors (Lipinski definition) is 6. The Bertz CT molecular complexity index is 767. The lowest BCUT2D eigenvalue weighted by atomic mass is 10.0. The second-order valence-corrected chi connectivity index (χ2v) is 9.12. The van der Waals surface area contributed by atoms with E-state index in [0.29, 0.717) is 41.4 Å². The average molecular weight is 409 g/mol. The van der Waals surface area contributed by atoms with E-state index >= 15 is 0 Å². The highest BCUT2D eigenvalue weighted by Crippen LogP contribution is 2.23. The van der Waals surface area contributed by atoms with E-state index in [-0.39, 0.29) is 17.7 Å². The maximum atomic E-state index is 12.2. The first kappa shape index (κ1) is 21.5. The van der Waals surface area contributed by atoms with Gasteiger partial charge in [-0.1, -0.05) is 34.6 Å². The molecule has 0 aliphatic heterocycles. The molecule has 0 radical (unpaired) electrons. The normalized spacial score (nSPS) is 12.4. The second kappa shape index (κ2) is 9.94. The van der Waals surface area contributed by atoms with Gasteiger partial charge in [-0.05, 0) is 24.2 Å². The van der Waals surface area contributed by atoms with Crippen molar-refractivity contribution in [3.63, 3.8) is 0 Å². The summed E-state index contributed by atoms with van der Waals surface area (Å²) < 4.78 is 0. The minimum atomic E-state index is -0.0617. The largest absolute Gasteiger partial charge is 0.302 e. The molecule has 2 rings (SSSR count). The summed E-state index contributed by atoms with van der Waals surface area (Å²) in [7, 11) is 0. The Morgan fingerprint density at radius 3 is 1.81 bits per heavy atom. The third-order valence-corrected chi connectivity index (χ3v) is 5.67. The summed E-state index contributed by atoms with van der Waals surface area (Å²) >= 11 is 2.89. The van der Waals surface area contributed by atoms with Gasteiger partial charge in [0.1, 0.15) is 0 Å². The fourth-order valence-corrected chi connectivity index (χ4v) is 4.14. The Labute approximate surface area is 168 Å². The molecule has 2 amide bonds. The molecule has 0 bridgehead atoms. The Morgan fingerprint density at radius 1 is 0.889 bits per heavy atom. The zero-order valence-electron chi connectivity index (χ0n) is 16.5. The highest BCUT2D eigenvalue weighted by atomic mass is 32.1. The summed E-state index contributed by atoms with van der Waals surface area (Å²) in [5, 5.41) is 10.9. The van der Waals surface area contributed by atoms with Crippen LogP contribution < -0.4 is 10.6 Å². The first-order valence-electron chi connectivity index (χ1n) is 9.25. The van der Waals surface area contributed by atoms with Crippen molar-refractivity contribution in [3.8, 4) is 0 Å². The molecule has 27 heavy (non-hydrogen) atoms. The number of carbonyl (C=O) groups is 2. The van der Waals surface area contributed by atoms with Crippen molar-refractivity contribution in [1.82, 2.24) is 9.97 Å². The lowest BCUT2D eigenvalue weighted by Crippen LogP contribution is -2.17. The van der Waals surface area contributed by atoms with E-state index < -0.39 is 0 Å². The van der Waals surface area contributed by atoms with Gasteiger partial charge < -0.3 is 10.6 Å². The van der Waals surface area contributed by atoms with Crippen LogP contribution in [0.2, 0.25) is 0 Å². The molecule has 1 unspecified atom stereocenters. The molecule has 2 N–H and O–H groups in total. The van der Waals surface area contributed by atoms with E-state index in [1.54, 1.807) is 0 Å². The van der Waals surface area contributed by atoms with E-state index in [1.807, 2.05) is 17.7 Å². The molecule has 0 aliphatic rings. The van der Waals surface area contributed by atoms with Crippen molar-refractivity contribution in [2.24, 2.45) is 5.92 Å². The minimum Gasteiger partial charge on any atom is -0.302 e. The molecule has 0 spiro atoms. The Hall–Kier alpha value is -1.80. The molecule has 0 aliphatic carbocycles. The van der Waals surface area contributed by atoms with Crippen LogP contribution in [-0.4, -0.2) is 21.8 Å². The predicted molar refractivity (Wildman–Crippen MR) is 113 cm³/mol. The molecule has 2 aromatic heterocycles. The maximum absolute atomic E-state index is 12.2. The molecule has 1 atom stereocenters. The maximum Gasteiger partial charge on any atom is 0.226 e. The first-order chi connectivity index (χ1) is 12.7. The van der Waals surface area contributed by atoms with Gasteiger partial charge in [0.2, 0.25) is 11.8 Å². The average Bonchev–Trinajstić information content (AvgIpc) is 3.22. The molecule has 0 fully saturated rings.